The number of benzene rings is 1. The highest BCUT2D eigenvalue weighted by atomic mass is 32.2. The zero-order valence-electron chi connectivity index (χ0n) is 67.3. The van der Waals surface area contributed by atoms with Gasteiger partial charge in [-0.3, -0.25) is 72.4 Å². The minimum absolute atomic E-state index is 0.204. The number of non-ortho nitro benzene ring substituents is 1. The van der Waals surface area contributed by atoms with Crippen molar-refractivity contribution in [3.8, 4) is 0 Å². The summed E-state index contributed by atoms with van der Waals surface area (Å²) in [7, 11) is 6.19. The minimum atomic E-state index is -4.31. The fourth-order valence-electron chi connectivity index (χ4n) is 9.67. The predicted octanol–water partition coefficient (Wildman–Crippen LogP) is -1.49. The normalized spacial score (nSPS) is 11.6. The lowest BCUT2D eigenvalue weighted by Gasteiger charge is -2.36. The molecule has 662 valence electrons. The smallest absolute Gasteiger partial charge is 0.307 e. The van der Waals surface area contributed by atoms with Crippen molar-refractivity contribution in [1.29, 1.82) is 0 Å². The molecular weight excluding hydrogens is 1580 g/mol. The lowest BCUT2D eigenvalue weighted by molar-refractivity contribution is -0.384. The standard InChI is InChI=1S/C71H114N6O38S/c1-95-59(82)19-32-107-44-69(45-108-33-20-60(83)96-2,46-109-34-21-61(84)97-3)74-56(79)16-29-104-41-68(73-55(78)11-10-28-72-116(93,94)54-14-12-53(13-15-54)77(91)92,42-105-30-17-57(80)75-70(47-110-35-22-62(85)98-4,48-111-36-23-63(86)99-5)49-112-37-24-64(87)100-6)43-106-31-18-58(81)76-71(50-113-38-25-65(88)101-7,51-114-39-26-66(89)102-8)52-115-40-27-67(90)103-9/h12-15,72H,10-11,16-52H2,1-9H3,(H,73,78)(H,74,79)(H,75,80)(H,76,81). The molecule has 116 heavy (non-hydrogen) atoms. The van der Waals surface area contributed by atoms with E-state index in [1.54, 1.807) is 0 Å². The van der Waals surface area contributed by atoms with Crippen LogP contribution in [0.15, 0.2) is 29.2 Å². The molecule has 0 bridgehead atoms. The number of rotatable bonds is 71. The van der Waals surface area contributed by atoms with E-state index >= 15 is 0 Å². The molecule has 0 saturated heterocycles. The first-order valence-electron chi connectivity index (χ1n) is 36.4. The van der Waals surface area contributed by atoms with E-state index in [1.165, 1.54) is 64.0 Å². The number of hydrogen-bond donors (Lipinski definition) is 5. The number of sulfonamides is 1. The highest BCUT2D eigenvalue weighted by molar-refractivity contribution is 7.89. The highest BCUT2D eigenvalue weighted by Crippen LogP contribution is 2.20. The van der Waals surface area contributed by atoms with E-state index in [0.29, 0.717) is 0 Å². The van der Waals surface area contributed by atoms with Crippen LogP contribution >= 0.6 is 0 Å². The van der Waals surface area contributed by atoms with Crippen molar-refractivity contribution >= 4 is 93.1 Å². The second kappa shape index (κ2) is 61.5. The Morgan fingerprint density at radius 2 is 0.466 bits per heavy atom. The van der Waals surface area contributed by atoms with Crippen molar-refractivity contribution in [2.45, 2.75) is 117 Å². The Hall–Kier alpha value is -8.84. The van der Waals surface area contributed by atoms with E-state index in [-0.39, 0.29) is 141 Å². The Kier molecular flexibility index (Phi) is 55.8. The van der Waals surface area contributed by atoms with Gasteiger partial charge in [0.15, 0.2) is 0 Å². The molecule has 0 fully saturated rings. The first-order valence-corrected chi connectivity index (χ1v) is 37.9. The second-order valence-electron chi connectivity index (χ2n) is 25.4. The number of methoxy groups -OCH3 is 9. The number of nitrogens with one attached hydrogen (secondary N) is 5. The molecule has 1 aromatic rings. The van der Waals surface area contributed by atoms with E-state index in [4.69, 9.17) is 99.5 Å². The Bertz CT molecular complexity index is 2830. The fourth-order valence-corrected chi connectivity index (χ4v) is 10.7. The molecule has 5 N–H and O–H groups in total. The Morgan fingerprint density at radius 3 is 0.638 bits per heavy atom. The van der Waals surface area contributed by atoms with Crippen molar-refractivity contribution in [2.24, 2.45) is 0 Å². The van der Waals surface area contributed by atoms with Crippen molar-refractivity contribution < 1.29 is 175 Å². The largest absolute Gasteiger partial charge is 0.469 e. The molecule has 44 nitrogen and oxygen atoms in total. The molecule has 45 heteroatoms. The predicted molar refractivity (Wildman–Crippen MR) is 394 cm³/mol. The molecule has 0 heterocycles. The number of ether oxygens (including phenoxy) is 21. The third-order valence-electron chi connectivity index (χ3n) is 15.9. The number of nitro benzene ring substituents is 1. The molecule has 1 rings (SSSR count). The zero-order valence-corrected chi connectivity index (χ0v) is 68.1. The molecule has 1 aromatic carbocycles. The summed E-state index contributed by atoms with van der Waals surface area (Å²) < 4.78 is 143. The number of amides is 4. The number of carbonyl (C=O) groups excluding carboxylic acids is 13. The summed E-state index contributed by atoms with van der Waals surface area (Å²) in [5, 5.41) is 22.6. The molecule has 0 unspecified atom stereocenters. The molecule has 0 radical (unpaired) electrons. The first kappa shape index (κ1) is 105. The van der Waals surface area contributed by atoms with Crippen LogP contribution in [0.5, 0.6) is 0 Å². The number of nitrogens with zero attached hydrogens (tertiary/aromatic N) is 1. The van der Waals surface area contributed by atoms with Gasteiger partial charge < -0.3 is 121 Å². The Labute approximate surface area is 672 Å². The average molecular weight is 1690 g/mol. The van der Waals surface area contributed by atoms with E-state index < -0.39 is 239 Å². The molecule has 4 amide bonds. The van der Waals surface area contributed by atoms with Crippen LogP contribution in [0.3, 0.4) is 0 Å². The van der Waals surface area contributed by atoms with Crippen molar-refractivity contribution in [3.05, 3.63) is 34.4 Å². The van der Waals surface area contributed by atoms with Crippen LogP contribution in [0.1, 0.15) is 89.9 Å². The van der Waals surface area contributed by atoms with Crippen LogP contribution in [-0.2, 0) is 172 Å². The fraction of sp³-hybridized carbons (Fsp3) is 0.732. The molecule has 0 aliphatic carbocycles. The van der Waals surface area contributed by atoms with Crippen LogP contribution in [0.4, 0.5) is 5.69 Å². The average Bonchev–Trinajstić information content (AvgIpc) is 0.869. The van der Waals surface area contributed by atoms with E-state index in [9.17, 15) is 80.9 Å². The van der Waals surface area contributed by atoms with E-state index in [1.807, 2.05) is 0 Å². The zero-order chi connectivity index (χ0) is 86.5. The molecule has 0 atom stereocenters. The summed E-state index contributed by atoms with van der Waals surface area (Å²) in [6.07, 6.45) is -4.14. The van der Waals surface area contributed by atoms with E-state index in [0.717, 1.165) is 24.3 Å². The summed E-state index contributed by atoms with van der Waals surface area (Å²) in [5.41, 5.74) is -7.16. The van der Waals surface area contributed by atoms with Crippen LogP contribution < -0.4 is 26.0 Å². The van der Waals surface area contributed by atoms with Gasteiger partial charge in [0.1, 0.15) is 22.2 Å². The van der Waals surface area contributed by atoms with Gasteiger partial charge >= 0.3 is 53.7 Å². The van der Waals surface area contributed by atoms with Gasteiger partial charge in [0.25, 0.3) is 5.69 Å². The molecule has 0 saturated carbocycles. The van der Waals surface area contributed by atoms with Gasteiger partial charge in [-0.15, -0.1) is 0 Å². The SMILES string of the molecule is COC(=O)CCOCC(COCCC(=O)OC)(COCCC(=O)OC)NC(=O)CCOCC(COCCC(=O)NC(COCCC(=O)OC)(COCCC(=O)OC)COCCC(=O)OC)(COCCC(=O)NC(COCCC(=O)OC)(COCCC(=O)OC)COCCC(=O)OC)NC(=O)CCCNS(=O)(=O)c1ccc([N+](=O)[O-])cc1. The maximum Gasteiger partial charge on any atom is 0.307 e. The van der Waals surface area contributed by atoms with Crippen molar-refractivity contribution in [2.75, 3.05) is 229 Å². The van der Waals surface area contributed by atoms with Crippen LogP contribution in [0, 0.1) is 10.1 Å². The topological polar surface area (TPSA) is 553 Å². The number of carbonyl (C=O) groups is 13. The molecule has 0 aliphatic heterocycles. The van der Waals surface area contributed by atoms with Crippen molar-refractivity contribution in [1.82, 2.24) is 26.0 Å². The maximum absolute atomic E-state index is 14.5. The third-order valence-corrected chi connectivity index (χ3v) is 17.4. The van der Waals surface area contributed by atoms with E-state index in [2.05, 4.69) is 26.0 Å². The maximum atomic E-state index is 14.5. The van der Waals surface area contributed by atoms with Gasteiger partial charge in [-0.25, -0.2) is 13.1 Å². The van der Waals surface area contributed by atoms with Crippen LogP contribution in [0.2, 0.25) is 0 Å². The van der Waals surface area contributed by atoms with Gasteiger partial charge in [-0.05, 0) is 18.6 Å². The second-order valence-corrected chi connectivity index (χ2v) is 27.1. The summed E-state index contributed by atoms with van der Waals surface area (Å²) in [6.45, 7) is -9.32. The number of esters is 9. The van der Waals surface area contributed by atoms with Gasteiger partial charge in [0.2, 0.25) is 33.7 Å². The van der Waals surface area contributed by atoms with Crippen LogP contribution in [0.25, 0.3) is 0 Å². The summed E-state index contributed by atoms with van der Waals surface area (Å²) in [5.74, 6) is -8.76. The quantitative estimate of drug-likeness (QED) is 0.0163. The van der Waals surface area contributed by atoms with Gasteiger partial charge in [0.05, 0.1) is 290 Å². The van der Waals surface area contributed by atoms with Crippen molar-refractivity contribution in [3.63, 3.8) is 0 Å². The lowest BCUT2D eigenvalue weighted by Crippen LogP contribution is -2.60. The first-order chi connectivity index (χ1) is 55.4. The molecule has 0 aliphatic rings. The monoisotopic (exact) mass is 1690 g/mol. The molecule has 0 aromatic heterocycles. The number of nitro groups is 1. The lowest BCUT2D eigenvalue weighted by atomic mass is 10.0. The minimum Gasteiger partial charge on any atom is -0.469 e. The third kappa shape index (κ3) is 48.6. The van der Waals surface area contributed by atoms with Gasteiger partial charge in [-0.2, -0.15) is 0 Å². The summed E-state index contributed by atoms with van der Waals surface area (Å²) in [4.78, 5) is 176. The Balaban J connectivity index is 4.16. The van der Waals surface area contributed by atoms with Gasteiger partial charge in [0, 0.05) is 44.4 Å². The van der Waals surface area contributed by atoms with Gasteiger partial charge in [-0.1, -0.05) is 0 Å². The number of hydrogen-bond acceptors (Lipinski definition) is 38. The molecular formula is C71H114N6O38S. The highest BCUT2D eigenvalue weighted by Gasteiger charge is 2.39. The summed E-state index contributed by atoms with van der Waals surface area (Å²) in [6, 6.07) is 3.99. The Morgan fingerprint density at radius 1 is 0.293 bits per heavy atom. The summed E-state index contributed by atoms with van der Waals surface area (Å²) >= 11 is 0. The van der Waals surface area contributed by atoms with Crippen LogP contribution in [-0.4, -0.2) is 342 Å². The molecule has 0 spiro atoms.